The molecule has 4 aromatic heterocycles. The third-order valence-corrected chi connectivity index (χ3v) is 12.3. The fraction of sp³-hybridized carbons (Fsp3) is 0.261. The fourth-order valence-corrected chi connectivity index (χ4v) is 8.85. The molecular formula is C46H50N10O8S2. The molecule has 4 aromatic carbocycles. The van der Waals surface area contributed by atoms with Crippen molar-refractivity contribution in [1.82, 2.24) is 39.0 Å². The number of aromatic nitrogens is 8. The van der Waals surface area contributed by atoms with E-state index in [-0.39, 0.29) is 5.49 Å². The highest BCUT2D eigenvalue weighted by molar-refractivity contribution is 7.99. The van der Waals surface area contributed by atoms with E-state index in [0.29, 0.717) is 75.1 Å². The van der Waals surface area contributed by atoms with Crippen LogP contribution in [0, 0.1) is 5.41 Å². The summed E-state index contributed by atoms with van der Waals surface area (Å²) < 4.78 is 47.2. The first-order valence-electron chi connectivity index (χ1n) is 20.3. The summed E-state index contributed by atoms with van der Waals surface area (Å²) in [5, 5.41) is 9.57. The number of imidazole rings is 2. The van der Waals surface area contributed by atoms with E-state index >= 15 is 0 Å². The first kappa shape index (κ1) is 46.7. The molecule has 0 saturated heterocycles. The average Bonchev–Trinajstić information content (AvgIpc) is 3.95. The van der Waals surface area contributed by atoms with Gasteiger partial charge in [-0.15, -0.1) is 0 Å². The Morgan fingerprint density at radius 1 is 0.576 bits per heavy atom. The van der Waals surface area contributed by atoms with E-state index in [9.17, 15) is 0 Å². The summed E-state index contributed by atoms with van der Waals surface area (Å²) in [6.45, 7) is 1.26. The summed E-state index contributed by atoms with van der Waals surface area (Å²) in [6.07, 6.45) is 4.55. The number of aromatic amines is 1. The Kier molecular flexibility index (Phi) is 15.3. The number of H-pyrrole nitrogens is 1. The predicted octanol–water partition coefficient (Wildman–Crippen LogP) is 7.50. The van der Waals surface area contributed by atoms with Crippen LogP contribution in [0.2, 0.25) is 0 Å². The van der Waals surface area contributed by atoms with Gasteiger partial charge in [0, 0.05) is 13.1 Å². The maximum absolute atomic E-state index is 8.21. The quantitative estimate of drug-likeness (QED) is 0.0759. The van der Waals surface area contributed by atoms with Crippen LogP contribution < -0.4 is 49.1 Å². The van der Waals surface area contributed by atoms with Crippen LogP contribution in [0.1, 0.15) is 11.1 Å². The molecule has 0 bridgehead atoms. The zero-order valence-corrected chi connectivity index (χ0v) is 39.3. The molecule has 0 amide bonds. The van der Waals surface area contributed by atoms with Crippen LogP contribution in [-0.2, 0) is 25.9 Å². The van der Waals surface area contributed by atoms with Gasteiger partial charge in [-0.25, -0.2) is 24.9 Å². The van der Waals surface area contributed by atoms with Gasteiger partial charge in [0.1, 0.15) is 34.8 Å². The van der Waals surface area contributed by atoms with E-state index in [1.165, 1.54) is 29.9 Å². The van der Waals surface area contributed by atoms with E-state index in [1.807, 2.05) is 81.9 Å². The Balaban J connectivity index is 0.000000196. The molecular weight excluding hydrogens is 885 g/mol. The van der Waals surface area contributed by atoms with Crippen LogP contribution in [-0.4, -0.2) is 95.9 Å². The van der Waals surface area contributed by atoms with Crippen molar-refractivity contribution in [3.63, 3.8) is 0 Å². The van der Waals surface area contributed by atoms with Crippen LogP contribution in [0.3, 0.4) is 0 Å². The number of nitrogens with one attached hydrogen (secondary N) is 2. The number of ether oxygens (including phenoxy) is 8. The number of nitrogens with zero attached hydrogens (tertiary/aromatic N) is 7. The first-order valence-corrected chi connectivity index (χ1v) is 21.9. The number of hydrogen-bond acceptors (Lipinski definition) is 17. The Bertz CT molecular complexity index is 3010. The predicted molar refractivity (Wildman–Crippen MR) is 251 cm³/mol. The highest BCUT2D eigenvalue weighted by Gasteiger charge is 2.19. The molecule has 0 aliphatic carbocycles. The molecule has 0 aliphatic heterocycles. The number of benzene rings is 4. The molecule has 4 heterocycles. The monoisotopic (exact) mass is 934 g/mol. The molecule has 0 unspecified atom stereocenters. The standard InChI is InChI=1S/2C23H25N5O4S/c1-29-15-6-8-17(31-3)19(12-15)33-23-26-20-21(24)25-13-28(22(20)27-23)10-9-14-5-7-16(30-2)18(11-14)32-4;1-29-15-6-8-17(31-3)19(12-15)33-23-27-20-21(24)25-13-26-22(20)28(23)10-9-14-5-7-16(30-2)18(11-14)32-4/h5-8,11-13,24H,9-10H2,1-4H3,(H,26,27);5-8,11-13H,9-10H2,1-4H3,(H2,24,25,26). The molecule has 18 nitrogen and oxygen atoms in total. The minimum atomic E-state index is 0.143. The molecule has 0 aliphatic rings. The van der Waals surface area contributed by atoms with Gasteiger partial charge in [-0.1, -0.05) is 12.1 Å². The summed E-state index contributed by atoms with van der Waals surface area (Å²) in [4.78, 5) is 27.2. The Hall–Kier alpha value is -7.32. The minimum absolute atomic E-state index is 0.143. The zero-order chi connectivity index (χ0) is 46.7. The van der Waals surface area contributed by atoms with Gasteiger partial charge < -0.3 is 57.7 Å². The highest BCUT2D eigenvalue weighted by Crippen LogP contribution is 2.39. The van der Waals surface area contributed by atoms with Crippen LogP contribution in [0.25, 0.3) is 22.3 Å². The fourth-order valence-electron chi connectivity index (χ4n) is 6.88. The number of nitrogen functional groups attached to an aromatic ring is 1. The lowest BCUT2D eigenvalue weighted by Crippen LogP contribution is -2.13. The number of rotatable bonds is 18. The summed E-state index contributed by atoms with van der Waals surface area (Å²) in [7, 11) is 13.0. The number of nitrogens with two attached hydrogens (primary N) is 1. The Morgan fingerprint density at radius 2 is 1.12 bits per heavy atom. The second kappa shape index (κ2) is 21.6. The second-order valence-corrected chi connectivity index (χ2v) is 16.2. The summed E-state index contributed by atoms with van der Waals surface area (Å²) in [5.41, 5.74) is 10.9. The van der Waals surface area contributed by atoms with E-state index in [0.717, 1.165) is 56.2 Å². The SMILES string of the molecule is COc1ccc(OC)c(Sc2nc3c(N)ncnc3n2CCc2ccc(OC)c(OC)c2)c1.COc1ccc(OC)c(Sc2nc3c([nH]2)c(=N)ncn3CCc2ccc(OC)c(OC)c2)c1. The van der Waals surface area contributed by atoms with E-state index in [4.69, 9.17) is 59.0 Å². The Labute approximate surface area is 389 Å². The maximum Gasteiger partial charge on any atom is 0.175 e. The summed E-state index contributed by atoms with van der Waals surface area (Å²) in [6, 6.07) is 23.0. The molecule has 0 spiro atoms. The van der Waals surface area contributed by atoms with Gasteiger partial charge >= 0.3 is 0 Å². The van der Waals surface area contributed by atoms with Crippen molar-refractivity contribution >= 4 is 51.7 Å². The van der Waals surface area contributed by atoms with Gasteiger partial charge in [0.2, 0.25) is 0 Å². The van der Waals surface area contributed by atoms with Crippen molar-refractivity contribution in [1.29, 1.82) is 5.41 Å². The number of aryl methyl sites for hydroxylation is 4. The molecule has 0 saturated carbocycles. The molecule has 0 atom stereocenters. The number of methoxy groups -OCH3 is 8. The molecule has 0 fully saturated rings. The second-order valence-electron chi connectivity index (χ2n) is 14.1. The first-order chi connectivity index (χ1) is 32.1. The highest BCUT2D eigenvalue weighted by atomic mass is 32.2. The van der Waals surface area contributed by atoms with Gasteiger partial charge in [-0.05, 0) is 108 Å². The van der Waals surface area contributed by atoms with Crippen LogP contribution in [0.15, 0.2) is 106 Å². The van der Waals surface area contributed by atoms with Crippen molar-refractivity contribution in [2.24, 2.45) is 0 Å². The molecule has 0 radical (unpaired) electrons. The van der Waals surface area contributed by atoms with Gasteiger partial charge in [0.25, 0.3) is 0 Å². The number of anilines is 1. The van der Waals surface area contributed by atoms with Crippen molar-refractivity contribution in [2.45, 2.75) is 46.0 Å². The molecule has 66 heavy (non-hydrogen) atoms. The normalized spacial score (nSPS) is 10.9. The number of hydrogen-bond donors (Lipinski definition) is 3. The molecule has 344 valence electrons. The van der Waals surface area contributed by atoms with Gasteiger partial charge in [0.15, 0.2) is 61.4 Å². The topological polar surface area (TPSA) is 214 Å². The van der Waals surface area contributed by atoms with E-state index in [1.54, 1.807) is 63.2 Å². The Morgan fingerprint density at radius 3 is 1.68 bits per heavy atom. The lowest BCUT2D eigenvalue weighted by atomic mass is 10.1. The van der Waals surface area contributed by atoms with Crippen molar-refractivity contribution in [2.75, 3.05) is 62.6 Å². The van der Waals surface area contributed by atoms with Crippen LogP contribution >= 0.6 is 23.5 Å². The van der Waals surface area contributed by atoms with Crippen molar-refractivity contribution < 1.29 is 37.9 Å². The summed E-state index contributed by atoms with van der Waals surface area (Å²) in [5.74, 6) is 5.99. The lowest BCUT2D eigenvalue weighted by molar-refractivity contribution is 0.354. The average molecular weight is 935 g/mol. The van der Waals surface area contributed by atoms with E-state index in [2.05, 4.69) is 19.9 Å². The van der Waals surface area contributed by atoms with Gasteiger partial charge in [0.05, 0.1) is 73.0 Å². The zero-order valence-electron chi connectivity index (χ0n) is 37.7. The smallest absolute Gasteiger partial charge is 0.175 e. The summed E-state index contributed by atoms with van der Waals surface area (Å²) >= 11 is 2.87. The molecule has 8 rings (SSSR count). The van der Waals surface area contributed by atoms with Crippen LogP contribution in [0.5, 0.6) is 46.0 Å². The molecule has 8 aromatic rings. The molecule has 4 N–H and O–H groups in total. The third kappa shape index (κ3) is 10.4. The maximum atomic E-state index is 8.21. The third-order valence-electron chi connectivity index (χ3n) is 10.3. The lowest BCUT2D eigenvalue weighted by Gasteiger charge is -2.13. The van der Waals surface area contributed by atoms with Gasteiger partial charge in [-0.3, -0.25) is 5.41 Å². The minimum Gasteiger partial charge on any atom is -0.497 e. The van der Waals surface area contributed by atoms with Crippen LogP contribution in [0.4, 0.5) is 5.82 Å². The van der Waals surface area contributed by atoms with Gasteiger partial charge in [-0.2, -0.15) is 0 Å². The largest absolute Gasteiger partial charge is 0.497 e. The van der Waals surface area contributed by atoms with Crippen molar-refractivity contribution in [3.05, 3.63) is 102 Å². The molecule has 20 heteroatoms. The number of fused-ring (bicyclic) bond motifs is 2. The van der Waals surface area contributed by atoms with E-state index < -0.39 is 0 Å². The van der Waals surface area contributed by atoms with Crippen molar-refractivity contribution in [3.8, 4) is 46.0 Å².